The van der Waals surface area contributed by atoms with E-state index in [-0.39, 0.29) is 6.04 Å². The third kappa shape index (κ3) is 1.59. The molecule has 0 radical (unpaired) electrons. The quantitative estimate of drug-likeness (QED) is 0.783. The molecule has 0 aliphatic carbocycles. The molecule has 0 fully saturated rings. The Morgan fingerprint density at radius 3 is 2.88 bits per heavy atom. The molecule has 0 bridgehead atoms. The number of aliphatic imine (C=N–C) groups is 1. The van der Waals surface area contributed by atoms with E-state index in [0.717, 1.165) is 17.5 Å². The van der Waals surface area contributed by atoms with E-state index in [0.29, 0.717) is 0 Å². The topological polar surface area (TPSA) is 24.8 Å². The number of methoxy groups -OCH3 is 1. The van der Waals surface area contributed by atoms with Gasteiger partial charge in [-0.05, 0) is 23.1 Å². The van der Waals surface area contributed by atoms with Gasteiger partial charge in [-0.2, -0.15) is 0 Å². The van der Waals surface area contributed by atoms with Crippen molar-refractivity contribution < 1.29 is 4.74 Å². The van der Waals surface area contributed by atoms with Gasteiger partial charge in [0.2, 0.25) is 0 Å². The van der Waals surface area contributed by atoms with Gasteiger partial charge in [0.25, 0.3) is 0 Å². The first-order chi connectivity index (χ1) is 7.86. The summed E-state index contributed by atoms with van der Waals surface area (Å²) in [5.74, 6) is 0.893. The van der Waals surface area contributed by atoms with Crippen LogP contribution in [-0.2, 0) is 0 Å². The molecule has 2 aliphatic heterocycles. The number of hydrogen-bond donors (Lipinski definition) is 0. The first-order valence-electron chi connectivity index (χ1n) is 5.18. The minimum Gasteiger partial charge on any atom is -0.497 e. The molecule has 0 saturated heterocycles. The van der Waals surface area contributed by atoms with Gasteiger partial charge in [-0.3, -0.25) is 4.99 Å². The third-order valence-corrected chi connectivity index (χ3v) is 3.60. The van der Waals surface area contributed by atoms with E-state index in [4.69, 9.17) is 4.74 Å². The molecule has 1 aromatic rings. The number of hydrogen-bond acceptors (Lipinski definition) is 4. The highest BCUT2D eigenvalue weighted by molar-refractivity contribution is 8.16. The van der Waals surface area contributed by atoms with Crippen LogP contribution in [0.15, 0.2) is 40.9 Å². The fourth-order valence-corrected chi connectivity index (χ4v) is 2.69. The maximum atomic E-state index is 5.14. The van der Waals surface area contributed by atoms with Crippen molar-refractivity contribution in [1.82, 2.24) is 4.90 Å². The molecule has 3 rings (SSSR count). The Bertz CT molecular complexity index is 453. The van der Waals surface area contributed by atoms with Crippen LogP contribution in [0.1, 0.15) is 11.6 Å². The summed E-state index contributed by atoms with van der Waals surface area (Å²) in [6.45, 7) is 0.950. The highest BCUT2D eigenvalue weighted by atomic mass is 32.2. The molecule has 1 atom stereocenters. The van der Waals surface area contributed by atoms with Gasteiger partial charge in [0.05, 0.1) is 19.7 Å². The van der Waals surface area contributed by atoms with Crippen LogP contribution in [0.25, 0.3) is 0 Å². The zero-order chi connectivity index (χ0) is 11.0. The van der Waals surface area contributed by atoms with Crippen LogP contribution in [0, 0.1) is 0 Å². The SMILES string of the molecule is COc1ccc(C2CN3C=CSC3=N2)cc1. The van der Waals surface area contributed by atoms with Crippen LogP contribution in [-0.4, -0.2) is 23.7 Å². The second-order valence-corrected chi connectivity index (χ2v) is 4.63. The maximum absolute atomic E-state index is 5.14. The standard InChI is InChI=1S/C12H12N2OS/c1-15-10-4-2-9(3-5-10)11-8-14-6-7-16-12(14)13-11/h2-7,11H,8H2,1H3. The molecule has 16 heavy (non-hydrogen) atoms. The van der Waals surface area contributed by atoms with Crippen LogP contribution in [0.4, 0.5) is 0 Å². The van der Waals surface area contributed by atoms with Gasteiger partial charge < -0.3 is 9.64 Å². The van der Waals surface area contributed by atoms with E-state index in [1.165, 1.54) is 5.56 Å². The van der Waals surface area contributed by atoms with Gasteiger partial charge in [-0.15, -0.1) is 0 Å². The molecule has 2 aliphatic rings. The van der Waals surface area contributed by atoms with Gasteiger partial charge in [0.1, 0.15) is 5.75 Å². The number of benzene rings is 1. The van der Waals surface area contributed by atoms with E-state index < -0.39 is 0 Å². The molecule has 82 valence electrons. The highest BCUT2D eigenvalue weighted by Gasteiger charge is 2.27. The Morgan fingerprint density at radius 1 is 1.38 bits per heavy atom. The minimum atomic E-state index is 0.262. The molecule has 1 aromatic carbocycles. The van der Waals surface area contributed by atoms with Crippen LogP contribution < -0.4 is 4.74 Å². The molecule has 0 aromatic heterocycles. The Balaban J connectivity index is 1.81. The number of ether oxygens (including phenoxy) is 1. The van der Waals surface area contributed by atoms with E-state index in [2.05, 4.69) is 33.6 Å². The van der Waals surface area contributed by atoms with Crippen LogP contribution in [0.3, 0.4) is 0 Å². The lowest BCUT2D eigenvalue weighted by Gasteiger charge is -2.11. The highest BCUT2D eigenvalue weighted by Crippen LogP contribution is 2.33. The van der Waals surface area contributed by atoms with Gasteiger partial charge in [0.15, 0.2) is 5.17 Å². The largest absolute Gasteiger partial charge is 0.497 e. The van der Waals surface area contributed by atoms with Gasteiger partial charge in [-0.1, -0.05) is 23.9 Å². The van der Waals surface area contributed by atoms with E-state index in [1.807, 2.05) is 12.1 Å². The zero-order valence-corrected chi connectivity index (χ0v) is 9.78. The number of fused-ring (bicyclic) bond motifs is 1. The van der Waals surface area contributed by atoms with E-state index >= 15 is 0 Å². The lowest BCUT2D eigenvalue weighted by molar-refractivity contribution is 0.414. The smallest absolute Gasteiger partial charge is 0.168 e. The van der Waals surface area contributed by atoms with Crippen LogP contribution in [0.2, 0.25) is 0 Å². The molecular weight excluding hydrogens is 220 g/mol. The van der Waals surface area contributed by atoms with Crippen molar-refractivity contribution in [3.05, 3.63) is 41.4 Å². The average molecular weight is 232 g/mol. The van der Waals surface area contributed by atoms with Crippen molar-refractivity contribution >= 4 is 16.9 Å². The fraction of sp³-hybridized carbons (Fsp3) is 0.250. The van der Waals surface area contributed by atoms with Crippen LogP contribution in [0.5, 0.6) is 5.75 Å². The summed E-state index contributed by atoms with van der Waals surface area (Å²) >= 11 is 1.69. The number of nitrogens with zero attached hydrogens (tertiary/aromatic N) is 2. The predicted molar refractivity (Wildman–Crippen MR) is 66.6 cm³/mol. The summed E-state index contributed by atoms with van der Waals surface area (Å²) in [6.07, 6.45) is 2.09. The molecule has 0 N–H and O–H groups in total. The second kappa shape index (κ2) is 3.87. The molecule has 2 heterocycles. The van der Waals surface area contributed by atoms with Crippen LogP contribution >= 0.6 is 11.8 Å². The number of amidine groups is 1. The first kappa shape index (κ1) is 9.78. The summed E-state index contributed by atoms with van der Waals surface area (Å²) < 4.78 is 5.14. The van der Waals surface area contributed by atoms with Crippen molar-refractivity contribution in [3.63, 3.8) is 0 Å². The lowest BCUT2D eigenvalue weighted by Crippen LogP contribution is -2.15. The Labute approximate surface area is 98.8 Å². The Hall–Kier alpha value is -1.42. The molecule has 3 nitrogen and oxygen atoms in total. The van der Waals surface area contributed by atoms with Crippen molar-refractivity contribution in [3.8, 4) is 5.75 Å². The zero-order valence-electron chi connectivity index (χ0n) is 8.96. The average Bonchev–Trinajstić information content (AvgIpc) is 2.89. The minimum absolute atomic E-state index is 0.262. The number of rotatable bonds is 2. The summed E-state index contributed by atoms with van der Waals surface area (Å²) in [5, 5.41) is 3.18. The summed E-state index contributed by atoms with van der Waals surface area (Å²) in [5.41, 5.74) is 1.25. The first-order valence-corrected chi connectivity index (χ1v) is 6.06. The third-order valence-electron chi connectivity index (χ3n) is 2.80. The van der Waals surface area contributed by atoms with Crippen molar-refractivity contribution in [2.45, 2.75) is 6.04 Å². The van der Waals surface area contributed by atoms with E-state index in [1.54, 1.807) is 18.9 Å². The predicted octanol–water partition coefficient (Wildman–Crippen LogP) is 2.63. The number of thioether (sulfide) groups is 1. The van der Waals surface area contributed by atoms with Crippen molar-refractivity contribution in [2.24, 2.45) is 4.99 Å². The van der Waals surface area contributed by atoms with Crippen molar-refractivity contribution in [1.29, 1.82) is 0 Å². The second-order valence-electron chi connectivity index (χ2n) is 3.76. The Morgan fingerprint density at radius 2 is 2.19 bits per heavy atom. The van der Waals surface area contributed by atoms with Gasteiger partial charge >= 0.3 is 0 Å². The molecular formula is C12H12N2OS. The van der Waals surface area contributed by atoms with Gasteiger partial charge in [0, 0.05) is 6.20 Å². The molecule has 1 unspecified atom stereocenters. The molecule has 0 spiro atoms. The lowest BCUT2D eigenvalue weighted by atomic mass is 10.1. The summed E-state index contributed by atoms with van der Waals surface area (Å²) in [6, 6.07) is 8.41. The Kier molecular flexibility index (Phi) is 2.36. The van der Waals surface area contributed by atoms with Crippen molar-refractivity contribution in [2.75, 3.05) is 13.7 Å². The summed E-state index contributed by atoms with van der Waals surface area (Å²) in [4.78, 5) is 6.87. The van der Waals surface area contributed by atoms with E-state index in [9.17, 15) is 0 Å². The normalized spacial score (nSPS) is 22.2. The molecule has 0 amide bonds. The summed E-state index contributed by atoms with van der Waals surface area (Å²) in [7, 11) is 1.68. The maximum Gasteiger partial charge on any atom is 0.168 e. The monoisotopic (exact) mass is 232 g/mol. The van der Waals surface area contributed by atoms with Gasteiger partial charge in [-0.25, -0.2) is 0 Å². The molecule has 0 saturated carbocycles. The molecule has 4 heteroatoms. The fourth-order valence-electron chi connectivity index (χ4n) is 1.91.